The molecule has 0 bridgehead atoms. The predicted molar refractivity (Wildman–Crippen MR) is 106 cm³/mol. The van der Waals surface area contributed by atoms with Crippen molar-refractivity contribution in [3.05, 3.63) is 81.0 Å². The van der Waals surface area contributed by atoms with E-state index in [9.17, 15) is 0 Å². The van der Waals surface area contributed by atoms with Crippen LogP contribution in [0, 0.1) is 0 Å². The first-order valence-electron chi connectivity index (χ1n) is 9.65. The first-order valence-corrected chi connectivity index (χ1v) is 9.65. The molecule has 0 heterocycles. The van der Waals surface area contributed by atoms with Crippen LogP contribution >= 0.6 is 0 Å². The van der Waals surface area contributed by atoms with Crippen LogP contribution in [0.3, 0.4) is 0 Å². The highest BCUT2D eigenvalue weighted by Crippen LogP contribution is 2.49. The van der Waals surface area contributed by atoms with Crippen LogP contribution in [0.25, 0.3) is 0 Å². The van der Waals surface area contributed by atoms with Crippen molar-refractivity contribution in [1.29, 1.82) is 0 Å². The Bertz CT molecular complexity index is 677. The first kappa shape index (κ1) is 17.0. The van der Waals surface area contributed by atoms with Crippen molar-refractivity contribution in [1.82, 2.24) is 0 Å². The molecule has 0 N–H and O–H groups in total. The van der Waals surface area contributed by atoms with E-state index in [1.165, 1.54) is 11.1 Å². The van der Waals surface area contributed by atoms with Gasteiger partial charge in [-0.15, -0.1) is 0 Å². The molecule has 0 radical (unpaired) electrons. The van der Waals surface area contributed by atoms with Crippen molar-refractivity contribution < 1.29 is 0 Å². The van der Waals surface area contributed by atoms with E-state index < -0.39 is 0 Å². The second-order valence-electron chi connectivity index (χ2n) is 6.84. The highest BCUT2D eigenvalue weighted by molar-refractivity contribution is 5.71. The largest absolute Gasteiger partial charge is 0.0623 e. The van der Waals surface area contributed by atoms with Gasteiger partial charge in [0.05, 0.1) is 0 Å². The molecule has 0 aromatic heterocycles. The molecule has 0 atom stereocenters. The Morgan fingerprint density at radius 1 is 0.583 bits per heavy atom. The standard InChI is InChI=1S/C24H30/c1-5-17-15-19-13-11-9-10-12-14-20-16-18(6-2)22(8-4)24(23(19)20)21(17)7-3/h9-14H,5-8,15-16H2,1-4H3/b11-9-,12-10-,19-13-,20-14-. The SMILES string of the molecule is CCC1=C(CC)C2=C3\C(=C/C=C\C=C/C=C\3CC(CC)=C2CC)C1. The lowest BCUT2D eigenvalue weighted by Crippen LogP contribution is -2.17. The topological polar surface area (TPSA) is 0 Å². The average molecular weight is 319 g/mol. The van der Waals surface area contributed by atoms with E-state index in [1.54, 1.807) is 33.4 Å². The molecule has 0 fully saturated rings. The van der Waals surface area contributed by atoms with Gasteiger partial charge in [0.1, 0.15) is 0 Å². The molecule has 0 nitrogen and oxygen atoms in total. The third kappa shape index (κ3) is 2.83. The second-order valence-corrected chi connectivity index (χ2v) is 6.84. The van der Waals surface area contributed by atoms with E-state index in [0.717, 1.165) is 38.5 Å². The van der Waals surface area contributed by atoms with Gasteiger partial charge in [-0.25, -0.2) is 0 Å². The van der Waals surface area contributed by atoms with E-state index in [1.807, 2.05) is 0 Å². The lowest BCUT2D eigenvalue weighted by atomic mass is 9.69. The average Bonchev–Trinajstić information content (AvgIpc) is 2.71. The van der Waals surface area contributed by atoms with E-state index in [4.69, 9.17) is 0 Å². The molecule has 0 unspecified atom stereocenters. The molecule has 3 aliphatic rings. The summed E-state index contributed by atoms with van der Waals surface area (Å²) in [6, 6.07) is 0. The van der Waals surface area contributed by atoms with Crippen LogP contribution in [0.2, 0.25) is 0 Å². The van der Waals surface area contributed by atoms with Gasteiger partial charge in [0.2, 0.25) is 0 Å². The van der Waals surface area contributed by atoms with Crippen molar-refractivity contribution in [2.24, 2.45) is 0 Å². The molecule has 0 aromatic rings. The van der Waals surface area contributed by atoms with Gasteiger partial charge in [0.15, 0.2) is 0 Å². The zero-order chi connectivity index (χ0) is 17.1. The number of hydrogen-bond acceptors (Lipinski definition) is 0. The van der Waals surface area contributed by atoms with Crippen molar-refractivity contribution >= 4 is 0 Å². The molecular weight excluding hydrogens is 288 g/mol. The van der Waals surface area contributed by atoms with Gasteiger partial charge >= 0.3 is 0 Å². The molecule has 0 spiro atoms. The minimum Gasteiger partial charge on any atom is -0.0623 e. The Morgan fingerprint density at radius 2 is 1.04 bits per heavy atom. The van der Waals surface area contributed by atoms with Crippen molar-refractivity contribution in [3.63, 3.8) is 0 Å². The summed E-state index contributed by atoms with van der Waals surface area (Å²) in [4.78, 5) is 0. The van der Waals surface area contributed by atoms with Crippen LogP contribution in [0.4, 0.5) is 0 Å². The van der Waals surface area contributed by atoms with Crippen LogP contribution in [0.1, 0.15) is 66.2 Å². The van der Waals surface area contributed by atoms with Gasteiger partial charge in [-0.3, -0.25) is 0 Å². The normalized spacial score (nSPS) is 27.5. The van der Waals surface area contributed by atoms with Crippen LogP contribution in [0.15, 0.2) is 81.0 Å². The maximum atomic E-state index is 2.35. The van der Waals surface area contributed by atoms with Gasteiger partial charge in [0, 0.05) is 0 Å². The van der Waals surface area contributed by atoms with Crippen molar-refractivity contribution in [3.8, 4) is 0 Å². The Kier molecular flexibility index (Phi) is 5.23. The van der Waals surface area contributed by atoms with Gasteiger partial charge in [-0.2, -0.15) is 0 Å². The molecule has 0 saturated heterocycles. The zero-order valence-corrected chi connectivity index (χ0v) is 15.7. The predicted octanol–water partition coefficient (Wildman–Crippen LogP) is 7.30. The highest BCUT2D eigenvalue weighted by Gasteiger charge is 2.31. The van der Waals surface area contributed by atoms with Crippen molar-refractivity contribution in [2.45, 2.75) is 66.2 Å². The third-order valence-corrected chi connectivity index (χ3v) is 5.65. The summed E-state index contributed by atoms with van der Waals surface area (Å²) in [5.74, 6) is 0. The first-order chi connectivity index (χ1) is 11.7. The summed E-state index contributed by atoms with van der Waals surface area (Å²) in [5, 5.41) is 0. The summed E-state index contributed by atoms with van der Waals surface area (Å²) in [7, 11) is 0. The molecule has 3 rings (SSSR count). The number of rotatable bonds is 4. The third-order valence-electron chi connectivity index (χ3n) is 5.65. The summed E-state index contributed by atoms with van der Waals surface area (Å²) in [5.41, 5.74) is 12.7. The molecule has 0 heteroatoms. The smallest absolute Gasteiger partial charge is 0.00549 e. The Hall–Kier alpha value is -1.82. The Morgan fingerprint density at radius 3 is 1.42 bits per heavy atom. The number of hydrogen-bond donors (Lipinski definition) is 0. The maximum absolute atomic E-state index is 2.35. The molecule has 24 heavy (non-hydrogen) atoms. The summed E-state index contributed by atoms with van der Waals surface area (Å²) in [6.45, 7) is 9.30. The van der Waals surface area contributed by atoms with Crippen LogP contribution in [-0.4, -0.2) is 0 Å². The number of allylic oxidation sites excluding steroid dienone is 14. The van der Waals surface area contributed by atoms with Gasteiger partial charge in [0.25, 0.3) is 0 Å². The van der Waals surface area contributed by atoms with E-state index in [-0.39, 0.29) is 0 Å². The highest BCUT2D eigenvalue weighted by atomic mass is 14.4. The molecule has 0 amide bonds. The lowest BCUT2D eigenvalue weighted by molar-refractivity contribution is 0.842. The fourth-order valence-electron chi connectivity index (χ4n) is 4.50. The zero-order valence-electron chi connectivity index (χ0n) is 15.7. The molecule has 0 aromatic carbocycles. The minimum atomic E-state index is 1.12. The van der Waals surface area contributed by atoms with E-state index in [2.05, 4.69) is 64.2 Å². The van der Waals surface area contributed by atoms with Crippen molar-refractivity contribution in [2.75, 3.05) is 0 Å². The lowest BCUT2D eigenvalue weighted by Gasteiger charge is -2.35. The van der Waals surface area contributed by atoms with E-state index >= 15 is 0 Å². The maximum Gasteiger partial charge on any atom is -0.00549 e. The van der Waals surface area contributed by atoms with Crippen LogP contribution in [0.5, 0.6) is 0 Å². The fourth-order valence-corrected chi connectivity index (χ4v) is 4.50. The molecule has 126 valence electrons. The van der Waals surface area contributed by atoms with Gasteiger partial charge in [-0.1, -0.05) is 75.3 Å². The molecule has 0 saturated carbocycles. The Labute approximate surface area is 147 Å². The fraction of sp³-hybridized carbons (Fsp3) is 0.417. The van der Waals surface area contributed by atoms with Gasteiger partial charge < -0.3 is 0 Å². The molecule has 0 aliphatic heterocycles. The monoisotopic (exact) mass is 318 g/mol. The van der Waals surface area contributed by atoms with Gasteiger partial charge in [-0.05, 0) is 72.0 Å². The van der Waals surface area contributed by atoms with Crippen LogP contribution < -0.4 is 0 Å². The quantitative estimate of drug-likeness (QED) is 0.510. The minimum absolute atomic E-state index is 1.12. The second kappa shape index (κ2) is 7.38. The van der Waals surface area contributed by atoms with E-state index in [0.29, 0.717) is 0 Å². The summed E-state index contributed by atoms with van der Waals surface area (Å²) < 4.78 is 0. The summed E-state index contributed by atoms with van der Waals surface area (Å²) >= 11 is 0. The molecule has 3 aliphatic carbocycles. The van der Waals surface area contributed by atoms with Crippen LogP contribution in [-0.2, 0) is 0 Å². The Balaban J connectivity index is 2.36. The summed E-state index contributed by atoms with van der Waals surface area (Å²) in [6.07, 6.45) is 20.3. The molecular formula is C24H30.